The summed E-state index contributed by atoms with van der Waals surface area (Å²) < 4.78 is 0. The van der Waals surface area contributed by atoms with Crippen LogP contribution in [-0.2, 0) is 19.3 Å². The molecular formula is C16H16. The van der Waals surface area contributed by atoms with Gasteiger partial charge in [0.2, 0.25) is 0 Å². The van der Waals surface area contributed by atoms with Crippen LogP contribution in [0.25, 0.3) is 0 Å². The van der Waals surface area contributed by atoms with Gasteiger partial charge in [0.1, 0.15) is 0 Å². The zero-order chi connectivity index (χ0) is 11.0. The van der Waals surface area contributed by atoms with Crippen LogP contribution < -0.4 is 0 Å². The van der Waals surface area contributed by atoms with E-state index in [2.05, 4.69) is 49.4 Å². The molecule has 1 aliphatic rings. The molecule has 0 aliphatic heterocycles. The Labute approximate surface area is 96.9 Å². The molecule has 0 heteroatoms. The van der Waals surface area contributed by atoms with Gasteiger partial charge in [0.05, 0.1) is 0 Å². The highest BCUT2D eigenvalue weighted by Gasteiger charge is 2.12. The van der Waals surface area contributed by atoms with E-state index in [9.17, 15) is 0 Å². The molecule has 0 unspecified atom stereocenters. The fraction of sp³-hybridized carbons (Fsp3) is 0.250. The summed E-state index contributed by atoms with van der Waals surface area (Å²) in [5.74, 6) is 0. The molecule has 0 saturated heterocycles. The van der Waals surface area contributed by atoms with Gasteiger partial charge in [0, 0.05) is 0 Å². The van der Waals surface area contributed by atoms with E-state index >= 15 is 0 Å². The Morgan fingerprint density at radius 2 is 1.50 bits per heavy atom. The lowest BCUT2D eigenvalue weighted by molar-refractivity contribution is 0.834. The Hall–Kier alpha value is -1.56. The van der Waals surface area contributed by atoms with Crippen LogP contribution in [0.1, 0.15) is 27.8 Å². The van der Waals surface area contributed by atoms with Crippen LogP contribution in [0.3, 0.4) is 0 Å². The van der Waals surface area contributed by atoms with E-state index in [0.717, 1.165) is 6.42 Å². The van der Waals surface area contributed by atoms with Gasteiger partial charge in [-0.3, -0.25) is 0 Å². The molecule has 0 aromatic heterocycles. The molecule has 2 aromatic carbocycles. The maximum absolute atomic E-state index is 2.37. The van der Waals surface area contributed by atoms with Gasteiger partial charge in [0.25, 0.3) is 0 Å². The second-order valence-corrected chi connectivity index (χ2v) is 4.77. The van der Waals surface area contributed by atoms with Crippen molar-refractivity contribution in [2.45, 2.75) is 26.2 Å². The molecule has 16 heavy (non-hydrogen) atoms. The number of hydrogen-bond acceptors (Lipinski definition) is 0. The number of aryl methyl sites for hydroxylation is 3. The van der Waals surface area contributed by atoms with Crippen molar-refractivity contribution in [2.24, 2.45) is 0 Å². The lowest BCUT2D eigenvalue weighted by Gasteiger charge is -2.19. The predicted octanol–water partition coefficient (Wildman–Crippen LogP) is 3.68. The first kappa shape index (κ1) is 9.65. The molecule has 3 rings (SSSR count). The standard InChI is InChI=1S/C16H16/c1-12-2-4-13(5-3-12)10-14-6-7-15-8-9-16(15)11-14/h2-7,11H,8-10H2,1H3. The molecule has 0 amide bonds. The van der Waals surface area contributed by atoms with Crippen molar-refractivity contribution in [2.75, 3.05) is 0 Å². The van der Waals surface area contributed by atoms with E-state index in [4.69, 9.17) is 0 Å². The Morgan fingerprint density at radius 3 is 2.12 bits per heavy atom. The number of fused-ring (bicyclic) bond motifs is 1. The molecule has 0 saturated carbocycles. The molecule has 0 heterocycles. The van der Waals surface area contributed by atoms with Gasteiger partial charge < -0.3 is 0 Å². The average molecular weight is 208 g/mol. The van der Waals surface area contributed by atoms with Gasteiger partial charge in [-0.05, 0) is 48.4 Å². The summed E-state index contributed by atoms with van der Waals surface area (Å²) in [6, 6.07) is 15.8. The normalized spacial score (nSPS) is 13.1. The molecule has 0 fully saturated rings. The summed E-state index contributed by atoms with van der Waals surface area (Å²) in [6.45, 7) is 2.13. The highest BCUT2D eigenvalue weighted by atomic mass is 14.2. The van der Waals surface area contributed by atoms with Crippen LogP contribution in [-0.4, -0.2) is 0 Å². The highest BCUT2D eigenvalue weighted by molar-refractivity contribution is 5.40. The van der Waals surface area contributed by atoms with Crippen LogP contribution in [0.15, 0.2) is 42.5 Å². The SMILES string of the molecule is Cc1ccc(Cc2ccc3c(c2)CC3)cc1. The topological polar surface area (TPSA) is 0 Å². The Balaban J connectivity index is 1.83. The zero-order valence-corrected chi connectivity index (χ0v) is 9.66. The minimum atomic E-state index is 1.06. The average Bonchev–Trinajstić information content (AvgIpc) is 2.26. The fourth-order valence-corrected chi connectivity index (χ4v) is 2.30. The largest absolute Gasteiger partial charge is 0.0590 e. The molecule has 1 aliphatic carbocycles. The van der Waals surface area contributed by atoms with Crippen LogP contribution in [0.4, 0.5) is 0 Å². The maximum atomic E-state index is 2.37. The van der Waals surface area contributed by atoms with Gasteiger partial charge in [-0.15, -0.1) is 0 Å². The summed E-state index contributed by atoms with van der Waals surface area (Å²) in [4.78, 5) is 0. The van der Waals surface area contributed by atoms with Gasteiger partial charge in [-0.1, -0.05) is 48.0 Å². The van der Waals surface area contributed by atoms with Crippen molar-refractivity contribution in [1.29, 1.82) is 0 Å². The highest BCUT2D eigenvalue weighted by Crippen LogP contribution is 2.24. The zero-order valence-electron chi connectivity index (χ0n) is 9.66. The third-order valence-electron chi connectivity index (χ3n) is 3.46. The third kappa shape index (κ3) is 1.76. The molecule has 0 N–H and O–H groups in total. The molecular weight excluding hydrogens is 192 g/mol. The van der Waals surface area contributed by atoms with Crippen LogP contribution in [0.2, 0.25) is 0 Å². The predicted molar refractivity (Wildman–Crippen MR) is 67.8 cm³/mol. The Kier molecular flexibility index (Phi) is 2.28. The van der Waals surface area contributed by atoms with Gasteiger partial charge in [-0.25, -0.2) is 0 Å². The molecule has 0 radical (unpaired) electrons. The lowest BCUT2D eigenvalue weighted by Crippen LogP contribution is -2.08. The van der Waals surface area contributed by atoms with Crippen LogP contribution >= 0.6 is 0 Å². The minimum absolute atomic E-state index is 1.06. The lowest BCUT2D eigenvalue weighted by atomic mass is 9.86. The molecule has 2 aromatic rings. The van der Waals surface area contributed by atoms with Crippen molar-refractivity contribution in [3.8, 4) is 0 Å². The van der Waals surface area contributed by atoms with Gasteiger partial charge in [-0.2, -0.15) is 0 Å². The Morgan fingerprint density at radius 1 is 0.812 bits per heavy atom. The molecule has 0 nitrogen and oxygen atoms in total. The number of hydrogen-bond donors (Lipinski definition) is 0. The quantitative estimate of drug-likeness (QED) is 0.706. The summed E-state index contributed by atoms with van der Waals surface area (Å²) in [5.41, 5.74) is 7.30. The summed E-state index contributed by atoms with van der Waals surface area (Å²) in [7, 11) is 0. The Bertz CT molecular complexity index is 506. The van der Waals surface area contributed by atoms with Gasteiger partial charge >= 0.3 is 0 Å². The van der Waals surface area contributed by atoms with E-state index in [0.29, 0.717) is 0 Å². The molecule has 0 bridgehead atoms. The summed E-state index contributed by atoms with van der Waals surface area (Å²) in [6.07, 6.45) is 3.62. The van der Waals surface area contributed by atoms with E-state index in [1.807, 2.05) is 0 Å². The van der Waals surface area contributed by atoms with Crippen LogP contribution in [0.5, 0.6) is 0 Å². The van der Waals surface area contributed by atoms with Crippen molar-refractivity contribution >= 4 is 0 Å². The summed E-state index contributed by atoms with van der Waals surface area (Å²) in [5, 5.41) is 0. The summed E-state index contributed by atoms with van der Waals surface area (Å²) >= 11 is 0. The van der Waals surface area contributed by atoms with E-state index in [1.54, 1.807) is 11.1 Å². The number of rotatable bonds is 2. The van der Waals surface area contributed by atoms with Crippen molar-refractivity contribution in [1.82, 2.24) is 0 Å². The van der Waals surface area contributed by atoms with Crippen molar-refractivity contribution in [3.63, 3.8) is 0 Å². The monoisotopic (exact) mass is 208 g/mol. The van der Waals surface area contributed by atoms with E-state index in [1.165, 1.54) is 29.5 Å². The van der Waals surface area contributed by atoms with Crippen LogP contribution in [0, 0.1) is 6.92 Å². The minimum Gasteiger partial charge on any atom is -0.0590 e. The smallest absolute Gasteiger partial charge is 0.00257 e. The third-order valence-corrected chi connectivity index (χ3v) is 3.46. The van der Waals surface area contributed by atoms with E-state index < -0.39 is 0 Å². The fourth-order valence-electron chi connectivity index (χ4n) is 2.30. The molecule has 0 spiro atoms. The van der Waals surface area contributed by atoms with Gasteiger partial charge in [0.15, 0.2) is 0 Å². The number of benzene rings is 2. The van der Waals surface area contributed by atoms with Crippen molar-refractivity contribution < 1.29 is 0 Å². The molecule has 0 atom stereocenters. The second-order valence-electron chi connectivity index (χ2n) is 4.77. The molecule has 80 valence electrons. The van der Waals surface area contributed by atoms with E-state index in [-0.39, 0.29) is 0 Å². The first-order valence-electron chi connectivity index (χ1n) is 5.97. The first-order chi connectivity index (χ1) is 7.81. The van der Waals surface area contributed by atoms with Crippen molar-refractivity contribution in [3.05, 3.63) is 70.3 Å². The first-order valence-corrected chi connectivity index (χ1v) is 5.97. The second kappa shape index (κ2) is 3.79. The maximum Gasteiger partial charge on any atom is -0.00257 e.